The highest BCUT2D eigenvalue weighted by Gasteiger charge is 2.11. The van der Waals surface area contributed by atoms with Gasteiger partial charge in [0.1, 0.15) is 10.8 Å². The summed E-state index contributed by atoms with van der Waals surface area (Å²) < 4.78 is 14.8. The van der Waals surface area contributed by atoms with Crippen LogP contribution in [0.25, 0.3) is 15.5 Å². The summed E-state index contributed by atoms with van der Waals surface area (Å²) in [6.45, 7) is 3.69. The van der Waals surface area contributed by atoms with Gasteiger partial charge in [0.05, 0.1) is 12.2 Å². The molecule has 0 aliphatic rings. The first-order valence-corrected chi connectivity index (χ1v) is 9.98. The number of halogens is 1. The molecule has 2 heterocycles. The van der Waals surface area contributed by atoms with Crippen molar-refractivity contribution >= 4 is 28.0 Å². The number of hydrogen-bond acceptors (Lipinski definition) is 5. The van der Waals surface area contributed by atoms with E-state index in [0.29, 0.717) is 26.9 Å². The fourth-order valence-electron chi connectivity index (χ4n) is 2.78. The number of aromatic nitrogens is 3. The van der Waals surface area contributed by atoms with Crippen molar-refractivity contribution in [3.05, 3.63) is 81.5 Å². The highest BCUT2D eigenvalue weighted by atomic mass is 32.1. The van der Waals surface area contributed by atoms with Gasteiger partial charge in [-0.3, -0.25) is 4.79 Å². The van der Waals surface area contributed by atoms with E-state index in [9.17, 15) is 14.0 Å². The van der Waals surface area contributed by atoms with Crippen LogP contribution >= 0.6 is 11.3 Å². The normalized spacial score (nSPS) is 10.9. The summed E-state index contributed by atoms with van der Waals surface area (Å²) in [7, 11) is 0. The zero-order valence-electron chi connectivity index (χ0n) is 16.3. The van der Waals surface area contributed by atoms with Crippen LogP contribution in [0, 0.1) is 19.7 Å². The molecule has 30 heavy (non-hydrogen) atoms. The molecule has 0 spiro atoms. The number of carbonyl (C=O) groups is 1. The Morgan fingerprint density at radius 1 is 1.13 bits per heavy atom. The molecule has 0 saturated heterocycles. The molecule has 2 N–H and O–H groups in total. The van der Waals surface area contributed by atoms with Crippen LogP contribution in [0.2, 0.25) is 0 Å². The predicted molar refractivity (Wildman–Crippen MR) is 114 cm³/mol. The Morgan fingerprint density at radius 2 is 1.90 bits per heavy atom. The van der Waals surface area contributed by atoms with Gasteiger partial charge in [-0.05, 0) is 31.5 Å². The quantitative estimate of drug-likeness (QED) is 0.521. The zero-order chi connectivity index (χ0) is 21.3. The lowest BCUT2D eigenvalue weighted by Crippen LogP contribution is -2.29. The van der Waals surface area contributed by atoms with Crippen LogP contribution in [0.1, 0.15) is 16.8 Å². The molecule has 0 radical (unpaired) electrons. The lowest BCUT2D eigenvalue weighted by molar-refractivity contribution is 0.251. The second-order valence-electron chi connectivity index (χ2n) is 6.82. The van der Waals surface area contributed by atoms with Crippen molar-refractivity contribution in [2.45, 2.75) is 20.4 Å². The van der Waals surface area contributed by atoms with E-state index >= 15 is 0 Å². The number of rotatable bonds is 4. The number of nitrogens with zero attached hydrogens (tertiary/aromatic N) is 3. The monoisotopic (exact) mass is 423 g/mol. The highest BCUT2D eigenvalue weighted by Crippen LogP contribution is 2.24. The van der Waals surface area contributed by atoms with E-state index < -0.39 is 11.8 Å². The van der Waals surface area contributed by atoms with Crippen LogP contribution in [-0.4, -0.2) is 20.6 Å². The molecule has 2 aromatic heterocycles. The molecule has 0 aliphatic carbocycles. The molecule has 0 fully saturated rings. The number of benzene rings is 2. The van der Waals surface area contributed by atoms with Crippen LogP contribution in [-0.2, 0) is 6.54 Å². The van der Waals surface area contributed by atoms with Gasteiger partial charge >= 0.3 is 6.03 Å². The molecule has 0 unspecified atom stereocenters. The molecular weight excluding hydrogens is 405 g/mol. The molecule has 2 amide bonds. The Hall–Kier alpha value is -3.59. The number of hydrogen-bond donors (Lipinski definition) is 2. The first-order valence-electron chi connectivity index (χ1n) is 9.17. The summed E-state index contributed by atoms with van der Waals surface area (Å²) in [4.78, 5) is 29.3. The van der Waals surface area contributed by atoms with Gasteiger partial charge in [-0.1, -0.05) is 47.2 Å². The van der Waals surface area contributed by atoms with Crippen molar-refractivity contribution in [1.29, 1.82) is 0 Å². The third kappa shape index (κ3) is 4.20. The molecule has 0 saturated carbocycles. The number of urea groups is 1. The maximum Gasteiger partial charge on any atom is 0.319 e. The van der Waals surface area contributed by atoms with Gasteiger partial charge < -0.3 is 10.6 Å². The molecule has 0 bridgehead atoms. The third-order valence-corrected chi connectivity index (χ3v) is 5.41. The average molecular weight is 423 g/mol. The number of amides is 2. The first-order chi connectivity index (χ1) is 14.4. The van der Waals surface area contributed by atoms with Crippen LogP contribution in [0.4, 0.5) is 14.9 Å². The van der Waals surface area contributed by atoms with Crippen LogP contribution in [0.15, 0.2) is 53.3 Å². The van der Waals surface area contributed by atoms with E-state index in [2.05, 4.69) is 20.7 Å². The van der Waals surface area contributed by atoms with E-state index in [1.54, 1.807) is 19.1 Å². The van der Waals surface area contributed by atoms with Crippen molar-refractivity contribution in [1.82, 2.24) is 19.9 Å². The zero-order valence-corrected chi connectivity index (χ0v) is 17.1. The SMILES string of the molecule is Cc1ccc(-c2nn3c(=O)cc(CNC(=O)Nc4ccc(C)c(F)c4)nc3s2)cc1. The molecule has 152 valence electrons. The Kier molecular flexibility index (Phi) is 5.28. The third-order valence-electron chi connectivity index (χ3n) is 4.46. The molecule has 9 heteroatoms. The van der Waals surface area contributed by atoms with Gasteiger partial charge in [0.2, 0.25) is 4.96 Å². The maximum absolute atomic E-state index is 13.6. The summed E-state index contributed by atoms with van der Waals surface area (Å²) in [5.74, 6) is -0.400. The van der Waals surface area contributed by atoms with Gasteiger partial charge in [0.15, 0.2) is 0 Å². The fourth-order valence-corrected chi connectivity index (χ4v) is 3.71. The van der Waals surface area contributed by atoms with Gasteiger partial charge in [-0.15, -0.1) is 0 Å². The van der Waals surface area contributed by atoms with Crippen molar-refractivity contribution in [2.75, 3.05) is 5.32 Å². The Bertz CT molecular complexity index is 1300. The molecule has 4 rings (SSSR count). The number of anilines is 1. The number of aryl methyl sites for hydroxylation is 2. The van der Waals surface area contributed by atoms with Gasteiger partial charge in [0, 0.05) is 17.3 Å². The number of carbonyl (C=O) groups excluding carboxylic acids is 1. The average Bonchev–Trinajstić information content (AvgIpc) is 3.14. The molecule has 0 atom stereocenters. The molecule has 0 aliphatic heterocycles. The van der Waals surface area contributed by atoms with Crippen molar-refractivity contribution < 1.29 is 9.18 Å². The van der Waals surface area contributed by atoms with Gasteiger partial charge in [-0.2, -0.15) is 9.61 Å². The minimum absolute atomic E-state index is 0.0453. The maximum atomic E-state index is 13.6. The summed E-state index contributed by atoms with van der Waals surface area (Å²) in [6.07, 6.45) is 0. The predicted octanol–water partition coefficient (Wildman–Crippen LogP) is 3.90. The van der Waals surface area contributed by atoms with E-state index in [0.717, 1.165) is 11.1 Å². The molecule has 2 aromatic carbocycles. The Morgan fingerprint density at radius 3 is 2.63 bits per heavy atom. The Balaban J connectivity index is 1.49. The van der Waals surface area contributed by atoms with Gasteiger partial charge in [0.25, 0.3) is 5.56 Å². The minimum atomic E-state index is -0.523. The van der Waals surface area contributed by atoms with Crippen LogP contribution in [0.3, 0.4) is 0 Å². The Labute approximate surface area is 175 Å². The summed E-state index contributed by atoms with van der Waals surface area (Å²) in [6, 6.07) is 13.1. The minimum Gasteiger partial charge on any atom is -0.332 e. The first kappa shape index (κ1) is 19.7. The van der Waals surface area contributed by atoms with E-state index in [1.807, 2.05) is 31.2 Å². The summed E-state index contributed by atoms with van der Waals surface area (Å²) >= 11 is 1.30. The highest BCUT2D eigenvalue weighted by molar-refractivity contribution is 7.19. The van der Waals surface area contributed by atoms with E-state index in [-0.39, 0.29) is 12.1 Å². The standard InChI is InChI=1S/C21H18FN5O2S/c1-12-3-6-14(7-4-12)19-26-27-18(28)10-16(25-21(27)30-19)11-23-20(29)24-15-8-5-13(2)17(22)9-15/h3-10H,11H2,1-2H3,(H2,23,24,29). The number of fused-ring (bicyclic) bond motifs is 1. The smallest absolute Gasteiger partial charge is 0.319 e. The molecule has 7 nitrogen and oxygen atoms in total. The number of nitrogens with one attached hydrogen (secondary N) is 2. The lowest BCUT2D eigenvalue weighted by atomic mass is 10.2. The largest absolute Gasteiger partial charge is 0.332 e. The van der Waals surface area contributed by atoms with Crippen molar-refractivity contribution in [2.24, 2.45) is 0 Å². The van der Waals surface area contributed by atoms with Crippen LogP contribution in [0.5, 0.6) is 0 Å². The van der Waals surface area contributed by atoms with Crippen LogP contribution < -0.4 is 16.2 Å². The van der Waals surface area contributed by atoms with Crippen molar-refractivity contribution in [3.8, 4) is 10.6 Å². The van der Waals surface area contributed by atoms with Crippen molar-refractivity contribution in [3.63, 3.8) is 0 Å². The topological polar surface area (TPSA) is 88.4 Å². The summed E-state index contributed by atoms with van der Waals surface area (Å²) in [5, 5.41) is 10.2. The second kappa shape index (κ2) is 8.03. The molecule has 4 aromatic rings. The van der Waals surface area contributed by atoms with E-state index in [1.165, 1.54) is 28.0 Å². The summed E-state index contributed by atoms with van der Waals surface area (Å²) in [5.41, 5.74) is 2.95. The lowest BCUT2D eigenvalue weighted by Gasteiger charge is -2.08. The molecular formula is C21H18FN5O2S. The second-order valence-corrected chi connectivity index (χ2v) is 7.78. The van der Waals surface area contributed by atoms with Gasteiger partial charge in [-0.25, -0.2) is 14.2 Å². The van der Waals surface area contributed by atoms with E-state index in [4.69, 9.17) is 0 Å². The fraction of sp³-hybridized carbons (Fsp3) is 0.143.